The summed E-state index contributed by atoms with van der Waals surface area (Å²) in [5, 5.41) is 9.11. The summed E-state index contributed by atoms with van der Waals surface area (Å²) in [4.78, 5) is 24.6. The number of carbonyl (C=O) groups excluding carboxylic acids is 1. The molecular formula is C14H20N2O3. The van der Waals surface area contributed by atoms with E-state index in [4.69, 9.17) is 10.8 Å². The quantitative estimate of drug-likeness (QED) is 0.834. The number of carboxylic acids is 1. The number of carboxylic acid groups (broad SMARTS) is 1. The second kappa shape index (κ2) is 5.84. The maximum Gasteiger partial charge on any atom is 0.329 e. The SMILES string of the molecule is CN(C(=O)c1ccc(CCN)cc1)C(C)(C)C(=O)O. The monoisotopic (exact) mass is 264 g/mol. The fourth-order valence-electron chi connectivity index (χ4n) is 1.57. The van der Waals surface area contributed by atoms with Gasteiger partial charge in [0.25, 0.3) is 5.91 Å². The lowest BCUT2D eigenvalue weighted by atomic mass is 10.0. The highest BCUT2D eigenvalue weighted by atomic mass is 16.4. The summed E-state index contributed by atoms with van der Waals surface area (Å²) in [6.07, 6.45) is 0.755. The maximum absolute atomic E-state index is 12.2. The Kier molecular flexibility index (Phi) is 4.67. The number of nitrogens with two attached hydrogens (primary N) is 1. The average Bonchev–Trinajstić information content (AvgIpc) is 2.38. The molecule has 1 aromatic carbocycles. The number of amides is 1. The van der Waals surface area contributed by atoms with E-state index in [1.54, 1.807) is 12.1 Å². The molecular weight excluding hydrogens is 244 g/mol. The van der Waals surface area contributed by atoms with Crippen LogP contribution in [0.5, 0.6) is 0 Å². The molecule has 0 aliphatic heterocycles. The van der Waals surface area contributed by atoms with Crippen LogP contribution in [0.2, 0.25) is 0 Å². The number of benzene rings is 1. The molecule has 1 aromatic rings. The van der Waals surface area contributed by atoms with Crippen LogP contribution in [0.4, 0.5) is 0 Å². The van der Waals surface area contributed by atoms with Gasteiger partial charge in [0.1, 0.15) is 5.54 Å². The van der Waals surface area contributed by atoms with Crippen LogP contribution < -0.4 is 5.73 Å². The van der Waals surface area contributed by atoms with Gasteiger partial charge in [0, 0.05) is 12.6 Å². The summed E-state index contributed by atoms with van der Waals surface area (Å²) < 4.78 is 0. The van der Waals surface area contributed by atoms with Crippen molar-refractivity contribution in [2.24, 2.45) is 5.73 Å². The number of hydrogen-bond acceptors (Lipinski definition) is 3. The summed E-state index contributed by atoms with van der Waals surface area (Å²) in [5.41, 5.74) is 5.74. The molecule has 0 saturated heterocycles. The predicted molar refractivity (Wildman–Crippen MR) is 73.0 cm³/mol. The Labute approximate surface area is 113 Å². The fourth-order valence-corrected chi connectivity index (χ4v) is 1.57. The van der Waals surface area contributed by atoms with Gasteiger partial charge in [-0.3, -0.25) is 4.79 Å². The van der Waals surface area contributed by atoms with Gasteiger partial charge in [-0.1, -0.05) is 12.1 Å². The highest BCUT2D eigenvalue weighted by molar-refractivity contribution is 5.97. The van der Waals surface area contributed by atoms with E-state index in [-0.39, 0.29) is 5.91 Å². The molecule has 0 spiro atoms. The minimum absolute atomic E-state index is 0.313. The van der Waals surface area contributed by atoms with Crippen molar-refractivity contribution in [2.75, 3.05) is 13.6 Å². The van der Waals surface area contributed by atoms with Gasteiger partial charge in [-0.05, 0) is 44.5 Å². The Hall–Kier alpha value is -1.88. The molecule has 0 atom stereocenters. The van der Waals surface area contributed by atoms with Crippen molar-refractivity contribution >= 4 is 11.9 Å². The molecule has 0 radical (unpaired) electrons. The van der Waals surface area contributed by atoms with Crippen LogP contribution in [0, 0.1) is 0 Å². The molecule has 19 heavy (non-hydrogen) atoms. The minimum Gasteiger partial charge on any atom is -0.480 e. The van der Waals surface area contributed by atoms with E-state index in [1.807, 2.05) is 12.1 Å². The summed E-state index contributed by atoms with van der Waals surface area (Å²) in [7, 11) is 1.49. The van der Waals surface area contributed by atoms with Crippen molar-refractivity contribution in [3.05, 3.63) is 35.4 Å². The van der Waals surface area contributed by atoms with Crippen molar-refractivity contribution in [3.8, 4) is 0 Å². The lowest BCUT2D eigenvalue weighted by molar-refractivity contribution is -0.147. The standard InChI is InChI=1S/C14H20N2O3/c1-14(2,13(18)19)16(3)12(17)11-6-4-10(5-7-11)8-9-15/h4-7H,8-9,15H2,1-3H3,(H,18,19). The third-order valence-corrected chi connectivity index (χ3v) is 3.30. The lowest BCUT2D eigenvalue weighted by Gasteiger charge is -2.31. The van der Waals surface area contributed by atoms with Crippen molar-refractivity contribution in [3.63, 3.8) is 0 Å². The molecule has 1 amide bonds. The largest absolute Gasteiger partial charge is 0.480 e. The molecule has 0 fully saturated rings. The molecule has 0 aliphatic rings. The zero-order chi connectivity index (χ0) is 14.6. The molecule has 0 unspecified atom stereocenters. The maximum atomic E-state index is 12.2. The molecule has 104 valence electrons. The van der Waals surface area contributed by atoms with Gasteiger partial charge in [-0.25, -0.2) is 4.79 Å². The van der Waals surface area contributed by atoms with Gasteiger partial charge in [0.05, 0.1) is 0 Å². The Bertz CT molecular complexity index is 466. The number of aliphatic carboxylic acids is 1. The first kappa shape index (κ1) is 15.2. The zero-order valence-corrected chi connectivity index (χ0v) is 11.5. The second-order valence-electron chi connectivity index (χ2n) is 4.96. The van der Waals surface area contributed by atoms with E-state index in [2.05, 4.69) is 0 Å². The smallest absolute Gasteiger partial charge is 0.329 e. The van der Waals surface area contributed by atoms with Crippen molar-refractivity contribution in [2.45, 2.75) is 25.8 Å². The van der Waals surface area contributed by atoms with Crippen molar-refractivity contribution in [1.29, 1.82) is 0 Å². The molecule has 5 heteroatoms. The van der Waals surface area contributed by atoms with Gasteiger partial charge >= 0.3 is 5.97 Å². The van der Waals surface area contributed by atoms with Crippen LogP contribution in [0.1, 0.15) is 29.8 Å². The molecule has 0 aliphatic carbocycles. The van der Waals surface area contributed by atoms with Crippen molar-refractivity contribution in [1.82, 2.24) is 4.90 Å². The molecule has 3 N–H and O–H groups in total. The third kappa shape index (κ3) is 3.32. The molecule has 1 rings (SSSR count). The van der Waals surface area contributed by atoms with E-state index < -0.39 is 11.5 Å². The summed E-state index contributed by atoms with van der Waals surface area (Å²) in [6, 6.07) is 7.06. The second-order valence-corrected chi connectivity index (χ2v) is 4.96. The van der Waals surface area contributed by atoms with Crippen LogP contribution in [0.3, 0.4) is 0 Å². The van der Waals surface area contributed by atoms with E-state index in [9.17, 15) is 9.59 Å². The lowest BCUT2D eigenvalue weighted by Crippen LogP contribution is -2.50. The van der Waals surface area contributed by atoms with Gasteiger partial charge in [0.2, 0.25) is 0 Å². The van der Waals surface area contributed by atoms with Crippen molar-refractivity contribution < 1.29 is 14.7 Å². The highest BCUT2D eigenvalue weighted by Gasteiger charge is 2.35. The minimum atomic E-state index is -1.24. The Morgan fingerprint density at radius 3 is 2.21 bits per heavy atom. The van der Waals surface area contributed by atoms with Crippen LogP contribution >= 0.6 is 0 Å². The van der Waals surface area contributed by atoms with E-state index in [1.165, 1.54) is 25.8 Å². The predicted octanol–water partition coefficient (Wildman–Crippen LogP) is 1.12. The summed E-state index contributed by atoms with van der Waals surface area (Å²) in [6.45, 7) is 3.55. The van der Waals surface area contributed by atoms with E-state index in [0.29, 0.717) is 12.1 Å². The summed E-state index contributed by atoms with van der Waals surface area (Å²) >= 11 is 0. The fraction of sp³-hybridized carbons (Fsp3) is 0.429. The molecule has 0 heterocycles. The first-order valence-corrected chi connectivity index (χ1v) is 6.11. The zero-order valence-electron chi connectivity index (χ0n) is 11.5. The van der Waals surface area contributed by atoms with Crippen LogP contribution in [-0.4, -0.2) is 41.0 Å². The Morgan fingerprint density at radius 2 is 1.79 bits per heavy atom. The van der Waals surface area contributed by atoms with Crippen LogP contribution in [0.15, 0.2) is 24.3 Å². The Balaban J connectivity index is 2.91. The number of nitrogens with zero attached hydrogens (tertiary/aromatic N) is 1. The molecule has 0 saturated carbocycles. The van der Waals surface area contributed by atoms with E-state index >= 15 is 0 Å². The van der Waals surface area contributed by atoms with E-state index in [0.717, 1.165) is 12.0 Å². The average molecular weight is 264 g/mol. The number of carbonyl (C=O) groups is 2. The van der Waals surface area contributed by atoms with Gasteiger partial charge in [0.15, 0.2) is 0 Å². The first-order valence-electron chi connectivity index (χ1n) is 6.11. The summed E-state index contributed by atoms with van der Waals surface area (Å²) in [5.74, 6) is -1.35. The topological polar surface area (TPSA) is 83.6 Å². The number of likely N-dealkylation sites (N-methyl/N-ethyl adjacent to an activating group) is 1. The van der Waals surface area contributed by atoms with Gasteiger partial charge < -0.3 is 15.7 Å². The van der Waals surface area contributed by atoms with Crippen LogP contribution in [0.25, 0.3) is 0 Å². The molecule has 0 bridgehead atoms. The first-order chi connectivity index (χ1) is 8.80. The van der Waals surface area contributed by atoms with Gasteiger partial charge in [-0.15, -0.1) is 0 Å². The Morgan fingerprint density at radius 1 is 1.26 bits per heavy atom. The molecule has 5 nitrogen and oxygen atoms in total. The normalized spacial score (nSPS) is 11.2. The van der Waals surface area contributed by atoms with Gasteiger partial charge in [-0.2, -0.15) is 0 Å². The number of rotatable bonds is 5. The molecule has 0 aromatic heterocycles. The third-order valence-electron chi connectivity index (χ3n) is 3.30. The highest BCUT2D eigenvalue weighted by Crippen LogP contribution is 2.16. The van der Waals surface area contributed by atoms with Crippen LogP contribution in [-0.2, 0) is 11.2 Å². The number of hydrogen-bond donors (Lipinski definition) is 2.